The molecule has 104 valence electrons. The predicted molar refractivity (Wildman–Crippen MR) is 58.6 cm³/mol. The average molecular weight is 266 g/mol. The Kier molecular flexibility index (Phi) is 4.24. The number of amides is 2. The van der Waals surface area contributed by atoms with Crippen molar-refractivity contribution in [3.05, 3.63) is 0 Å². The fourth-order valence-electron chi connectivity index (χ4n) is 1.85. The maximum absolute atomic E-state index is 12.2. The van der Waals surface area contributed by atoms with E-state index in [1.54, 1.807) is 13.8 Å². The molecule has 0 aromatic heterocycles. The van der Waals surface area contributed by atoms with E-state index in [0.29, 0.717) is 0 Å². The lowest BCUT2D eigenvalue weighted by Crippen LogP contribution is -2.64. The van der Waals surface area contributed by atoms with Crippen LogP contribution in [0.25, 0.3) is 0 Å². The quantitative estimate of drug-likeness (QED) is 0.837. The third kappa shape index (κ3) is 3.36. The van der Waals surface area contributed by atoms with Crippen LogP contribution in [0.15, 0.2) is 0 Å². The van der Waals surface area contributed by atoms with Crippen LogP contribution < -0.4 is 5.32 Å². The van der Waals surface area contributed by atoms with Crippen molar-refractivity contribution in [3.63, 3.8) is 0 Å². The van der Waals surface area contributed by atoms with Crippen molar-refractivity contribution in [1.82, 2.24) is 10.2 Å². The number of piperazine rings is 1. The molecule has 1 N–H and O–H groups in total. The number of nitrogens with zero attached hydrogens (tertiary/aromatic N) is 1. The second-order valence-corrected chi connectivity index (χ2v) is 4.80. The summed E-state index contributed by atoms with van der Waals surface area (Å²) in [7, 11) is 0. The smallest absolute Gasteiger partial charge is 0.342 e. The van der Waals surface area contributed by atoms with Crippen LogP contribution in [0.3, 0.4) is 0 Å². The lowest BCUT2D eigenvalue weighted by atomic mass is 9.98. The predicted octanol–water partition coefficient (Wildman–Crippen LogP) is 1.31. The van der Waals surface area contributed by atoms with Gasteiger partial charge in [0.05, 0.1) is 6.42 Å². The van der Waals surface area contributed by atoms with E-state index in [1.807, 2.05) is 0 Å². The number of carbonyl (C=O) groups excluding carboxylic acids is 2. The molecule has 0 radical (unpaired) electrons. The van der Waals surface area contributed by atoms with E-state index in [4.69, 9.17) is 0 Å². The SMILES string of the molecule is CC(C)C1NC(=O)C(C)N(CCC(F)(F)F)C1=O. The Morgan fingerprint density at radius 2 is 1.89 bits per heavy atom. The Morgan fingerprint density at radius 1 is 1.33 bits per heavy atom. The first-order chi connectivity index (χ1) is 8.13. The van der Waals surface area contributed by atoms with Crippen LogP contribution in [0.4, 0.5) is 13.2 Å². The van der Waals surface area contributed by atoms with Gasteiger partial charge in [-0.15, -0.1) is 0 Å². The summed E-state index contributed by atoms with van der Waals surface area (Å²) in [6.07, 6.45) is -5.43. The summed E-state index contributed by atoms with van der Waals surface area (Å²) in [6, 6.07) is -1.59. The molecule has 1 saturated heterocycles. The standard InChI is InChI=1S/C11H17F3N2O2/c1-6(2)8-10(18)16(5-4-11(12,13)14)7(3)9(17)15-8/h6-8H,4-5H2,1-3H3,(H,15,17). The molecule has 18 heavy (non-hydrogen) atoms. The highest BCUT2D eigenvalue weighted by molar-refractivity contribution is 5.96. The molecule has 0 aromatic rings. The zero-order chi connectivity index (χ0) is 14.1. The van der Waals surface area contributed by atoms with Crippen LogP contribution >= 0.6 is 0 Å². The molecule has 1 rings (SSSR count). The number of carbonyl (C=O) groups is 2. The summed E-state index contributed by atoms with van der Waals surface area (Å²) in [5, 5.41) is 2.53. The van der Waals surface area contributed by atoms with Crippen LogP contribution in [-0.2, 0) is 9.59 Å². The summed E-state index contributed by atoms with van der Waals surface area (Å²) in [6.45, 7) is 4.43. The van der Waals surface area contributed by atoms with Gasteiger partial charge in [-0.05, 0) is 12.8 Å². The van der Waals surface area contributed by atoms with Crippen molar-refractivity contribution in [2.45, 2.75) is 45.5 Å². The van der Waals surface area contributed by atoms with Crippen LogP contribution in [-0.4, -0.2) is 41.5 Å². The van der Waals surface area contributed by atoms with Gasteiger partial charge in [0.1, 0.15) is 12.1 Å². The maximum atomic E-state index is 12.2. The molecule has 2 amide bonds. The Hall–Kier alpha value is -1.27. The Labute approximate surface area is 104 Å². The number of hydrogen-bond donors (Lipinski definition) is 1. The van der Waals surface area contributed by atoms with Gasteiger partial charge in [0.25, 0.3) is 0 Å². The molecule has 1 heterocycles. The van der Waals surface area contributed by atoms with Crippen LogP contribution in [0.5, 0.6) is 0 Å². The number of nitrogens with one attached hydrogen (secondary N) is 1. The molecule has 4 nitrogen and oxygen atoms in total. The Morgan fingerprint density at radius 3 is 2.33 bits per heavy atom. The topological polar surface area (TPSA) is 49.4 Å². The molecular weight excluding hydrogens is 249 g/mol. The first kappa shape index (κ1) is 14.8. The lowest BCUT2D eigenvalue weighted by Gasteiger charge is -2.38. The monoisotopic (exact) mass is 266 g/mol. The molecule has 1 aliphatic heterocycles. The molecule has 1 fully saturated rings. The molecule has 0 saturated carbocycles. The first-order valence-corrected chi connectivity index (χ1v) is 5.81. The van der Waals surface area contributed by atoms with Crippen LogP contribution in [0.1, 0.15) is 27.2 Å². The van der Waals surface area contributed by atoms with Crippen molar-refractivity contribution < 1.29 is 22.8 Å². The molecule has 0 bridgehead atoms. The molecule has 0 aromatic carbocycles. The van der Waals surface area contributed by atoms with Crippen molar-refractivity contribution in [3.8, 4) is 0 Å². The third-order valence-electron chi connectivity index (χ3n) is 3.00. The van der Waals surface area contributed by atoms with Gasteiger partial charge in [-0.2, -0.15) is 13.2 Å². The minimum atomic E-state index is -4.33. The van der Waals surface area contributed by atoms with Crippen molar-refractivity contribution >= 4 is 11.8 Å². The van der Waals surface area contributed by atoms with Crippen molar-refractivity contribution in [1.29, 1.82) is 0 Å². The second kappa shape index (κ2) is 5.16. The summed E-state index contributed by atoms with van der Waals surface area (Å²) >= 11 is 0. The second-order valence-electron chi connectivity index (χ2n) is 4.80. The molecule has 2 unspecified atom stereocenters. The van der Waals surface area contributed by atoms with Crippen molar-refractivity contribution in [2.75, 3.05) is 6.54 Å². The number of hydrogen-bond acceptors (Lipinski definition) is 2. The molecule has 2 atom stereocenters. The number of halogens is 3. The van der Waals surface area contributed by atoms with E-state index >= 15 is 0 Å². The van der Waals surface area contributed by atoms with Gasteiger partial charge in [-0.1, -0.05) is 13.8 Å². The number of rotatable bonds is 3. The van der Waals surface area contributed by atoms with Gasteiger partial charge in [0, 0.05) is 6.54 Å². The highest BCUT2D eigenvalue weighted by Crippen LogP contribution is 2.22. The zero-order valence-electron chi connectivity index (χ0n) is 10.5. The van der Waals surface area contributed by atoms with Gasteiger partial charge in [0.2, 0.25) is 11.8 Å². The zero-order valence-corrected chi connectivity index (χ0v) is 10.5. The third-order valence-corrected chi connectivity index (χ3v) is 3.00. The normalized spacial score (nSPS) is 25.6. The van der Waals surface area contributed by atoms with Crippen LogP contribution in [0, 0.1) is 5.92 Å². The summed E-state index contributed by atoms with van der Waals surface area (Å²) in [4.78, 5) is 24.6. The fraction of sp³-hybridized carbons (Fsp3) is 0.818. The van der Waals surface area contributed by atoms with Gasteiger partial charge in [-0.3, -0.25) is 9.59 Å². The highest BCUT2D eigenvalue weighted by atomic mass is 19.4. The lowest BCUT2D eigenvalue weighted by molar-refractivity contribution is -0.158. The largest absolute Gasteiger partial charge is 0.390 e. The minimum absolute atomic E-state index is 0.151. The summed E-state index contributed by atoms with van der Waals surface area (Å²) in [5.74, 6) is -1.00. The van der Waals surface area contributed by atoms with Gasteiger partial charge < -0.3 is 10.2 Å². The Bertz CT molecular complexity index is 342. The highest BCUT2D eigenvalue weighted by Gasteiger charge is 2.40. The maximum Gasteiger partial charge on any atom is 0.390 e. The fourth-order valence-corrected chi connectivity index (χ4v) is 1.85. The van der Waals surface area contributed by atoms with E-state index in [-0.39, 0.29) is 5.92 Å². The Balaban J connectivity index is 2.79. The molecule has 1 aliphatic rings. The molecule has 0 aliphatic carbocycles. The molecular formula is C11H17F3N2O2. The van der Waals surface area contributed by atoms with E-state index in [2.05, 4.69) is 5.32 Å². The van der Waals surface area contributed by atoms with E-state index in [1.165, 1.54) is 6.92 Å². The summed E-state index contributed by atoms with van der Waals surface area (Å²) < 4.78 is 36.5. The van der Waals surface area contributed by atoms with Gasteiger partial charge in [0.15, 0.2) is 0 Å². The minimum Gasteiger partial charge on any atom is -0.342 e. The van der Waals surface area contributed by atoms with Gasteiger partial charge >= 0.3 is 6.18 Å². The first-order valence-electron chi connectivity index (χ1n) is 5.81. The average Bonchev–Trinajstić information content (AvgIpc) is 2.21. The van der Waals surface area contributed by atoms with Crippen LogP contribution in [0.2, 0.25) is 0 Å². The van der Waals surface area contributed by atoms with E-state index in [9.17, 15) is 22.8 Å². The van der Waals surface area contributed by atoms with Crippen molar-refractivity contribution in [2.24, 2.45) is 5.92 Å². The van der Waals surface area contributed by atoms with E-state index in [0.717, 1.165) is 4.90 Å². The number of alkyl halides is 3. The molecule has 7 heteroatoms. The summed E-state index contributed by atoms with van der Waals surface area (Å²) in [5.41, 5.74) is 0. The molecule has 0 spiro atoms. The van der Waals surface area contributed by atoms with Gasteiger partial charge in [-0.25, -0.2) is 0 Å². The van der Waals surface area contributed by atoms with E-state index < -0.39 is 43.0 Å².